The quantitative estimate of drug-likeness (QED) is 0.681. The zero-order valence-corrected chi connectivity index (χ0v) is 11.4. The summed E-state index contributed by atoms with van der Waals surface area (Å²) in [6, 6.07) is 1.10. The fourth-order valence-corrected chi connectivity index (χ4v) is 2.98. The maximum Gasteiger partial charge on any atom is 0.351 e. The highest BCUT2D eigenvalue weighted by atomic mass is 16.6. The van der Waals surface area contributed by atoms with Crippen LogP contribution >= 0.6 is 0 Å². The first-order valence-corrected chi connectivity index (χ1v) is 6.80. The second-order valence-electron chi connectivity index (χ2n) is 5.23. The summed E-state index contributed by atoms with van der Waals surface area (Å²) in [6.45, 7) is 0.106. The molecule has 4 atom stereocenters. The van der Waals surface area contributed by atoms with Crippen molar-refractivity contribution >= 4 is 5.82 Å². The molecule has 4 heterocycles. The number of nitrogens with zero attached hydrogens (tertiary/aromatic N) is 5. The van der Waals surface area contributed by atoms with Crippen molar-refractivity contribution in [2.24, 2.45) is 0 Å². The number of aliphatic hydroxyl groups is 1. The van der Waals surface area contributed by atoms with Crippen LogP contribution in [0.25, 0.3) is 0 Å². The smallest absolute Gasteiger partial charge is 0.351 e. The van der Waals surface area contributed by atoms with E-state index in [1.54, 1.807) is 10.9 Å². The number of ether oxygens (including phenoxy) is 2. The highest BCUT2D eigenvalue weighted by Crippen LogP contribution is 2.42. The molecule has 10 nitrogen and oxygen atoms in total. The first-order chi connectivity index (χ1) is 10.7. The summed E-state index contributed by atoms with van der Waals surface area (Å²) >= 11 is 0. The van der Waals surface area contributed by atoms with E-state index in [0.717, 1.165) is 5.69 Å². The molecular formula is C12H14N6O4. The molecular weight excluding hydrogens is 292 g/mol. The fourth-order valence-electron chi connectivity index (χ4n) is 2.98. The van der Waals surface area contributed by atoms with Gasteiger partial charge in [-0.25, -0.2) is 9.48 Å². The van der Waals surface area contributed by atoms with Crippen molar-refractivity contribution < 1.29 is 14.6 Å². The van der Waals surface area contributed by atoms with Gasteiger partial charge in [0.25, 0.3) is 0 Å². The molecule has 0 amide bonds. The van der Waals surface area contributed by atoms with Gasteiger partial charge >= 0.3 is 5.69 Å². The minimum absolute atomic E-state index is 0.135. The van der Waals surface area contributed by atoms with Gasteiger partial charge in [-0.2, -0.15) is 4.98 Å². The van der Waals surface area contributed by atoms with E-state index in [1.165, 1.54) is 16.8 Å². The molecule has 0 saturated carbocycles. The second-order valence-corrected chi connectivity index (χ2v) is 5.23. The van der Waals surface area contributed by atoms with Crippen molar-refractivity contribution in [3.05, 3.63) is 34.6 Å². The normalized spacial score (nSPS) is 30.0. The standard InChI is InChI=1S/C12H14N6O4/c13-8-1-2-17(12(20)15-8)11-9-10(7(4-19)22-11)21-5-6-3-14-16-18(6)9/h1-3,7,9-11,19H,4-5H2,(H2,13,15,20)/t7-,9-,10-,11-/m1/s1. The Balaban J connectivity index is 1.81. The predicted molar refractivity (Wildman–Crippen MR) is 71.5 cm³/mol. The molecule has 2 aliphatic rings. The molecule has 0 aromatic carbocycles. The van der Waals surface area contributed by atoms with Crippen molar-refractivity contribution in [2.45, 2.75) is 31.1 Å². The van der Waals surface area contributed by atoms with E-state index in [-0.39, 0.29) is 12.4 Å². The highest BCUT2D eigenvalue weighted by molar-refractivity contribution is 5.23. The van der Waals surface area contributed by atoms with Gasteiger partial charge in [0.1, 0.15) is 24.1 Å². The molecule has 0 aliphatic carbocycles. The average molecular weight is 306 g/mol. The van der Waals surface area contributed by atoms with Crippen molar-refractivity contribution in [2.75, 3.05) is 12.3 Å². The first kappa shape index (κ1) is 13.4. The van der Waals surface area contributed by atoms with Crippen LogP contribution in [0.4, 0.5) is 5.82 Å². The summed E-state index contributed by atoms with van der Waals surface area (Å²) in [6.07, 6.45) is 1.43. The zero-order valence-electron chi connectivity index (χ0n) is 11.4. The number of nitrogen functional groups attached to an aromatic ring is 1. The van der Waals surface area contributed by atoms with E-state index in [0.29, 0.717) is 6.61 Å². The van der Waals surface area contributed by atoms with E-state index >= 15 is 0 Å². The number of hydrogen-bond acceptors (Lipinski definition) is 8. The molecule has 4 rings (SSSR count). The molecule has 1 saturated heterocycles. The van der Waals surface area contributed by atoms with Gasteiger partial charge < -0.3 is 20.3 Å². The lowest BCUT2D eigenvalue weighted by molar-refractivity contribution is -0.0686. The summed E-state index contributed by atoms with van der Waals surface area (Å²) in [5.74, 6) is 0.135. The Morgan fingerprint density at radius 1 is 1.50 bits per heavy atom. The Kier molecular flexibility index (Phi) is 2.96. The fraction of sp³-hybridized carbons (Fsp3) is 0.500. The van der Waals surface area contributed by atoms with Gasteiger partial charge in [0.2, 0.25) is 0 Å². The average Bonchev–Trinajstić information content (AvgIpc) is 3.10. The largest absolute Gasteiger partial charge is 0.394 e. The number of aliphatic hydroxyl groups excluding tert-OH is 1. The maximum atomic E-state index is 12.1. The van der Waals surface area contributed by atoms with Crippen LogP contribution in [0.2, 0.25) is 0 Å². The Morgan fingerprint density at radius 2 is 2.36 bits per heavy atom. The summed E-state index contributed by atoms with van der Waals surface area (Å²) < 4.78 is 14.6. The van der Waals surface area contributed by atoms with E-state index in [9.17, 15) is 9.90 Å². The zero-order chi connectivity index (χ0) is 15.3. The molecule has 0 radical (unpaired) electrons. The molecule has 2 aromatic heterocycles. The molecule has 0 unspecified atom stereocenters. The minimum Gasteiger partial charge on any atom is -0.394 e. The maximum absolute atomic E-state index is 12.1. The Labute approximate surface area is 124 Å². The van der Waals surface area contributed by atoms with Crippen LogP contribution in [0, 0.1) is 0 Å². The monoisotopic (exact) mass is 306 g/mol. The van der Waals surface area contributed by atoms with Crippen molar-refractivity contribution in [1.29, 1.82) is 0 Å². The lowest BCUT2D eigenvalue weighted by Gasteiger charge is -2.29. The van der Waals surface area contributed by atoms with Crippen molar-refractivity contribution in [3.8, 4) is 0 Å². The Bertz CT molecular complexity index is 758. The number of fused-ring (bicyclic) bond motifs is 3. The van der Waals surface area contributed by atoms with Gasteiger partial charge in [-0.1, -0.05) is 5.21 Å². The second kappa shape index (κ2) is 4.87. The summed E-state index contributed by atoms with van der Waals surface area (Å²) in [4.78, 5) is 15.8. The molecule has 10 heteroatoms. The van der Waals surface area contributed by atoms with Gasteiger partial charge in [-0.15, -0.1) is 5.10 Å². The number of nitrogens with two attached hydrogens (primary N) is 1. The van der Waals surface area contributed by atoms with Crippen LogP contribution in [-0.4, -0.2) is 48.5 Å². The van der Waals surface area contributed by atoms with Crippen LogP contribution in [0.3, 0.4) is 0 Å². The van der Waals surface area contributed by atoms with Crippen LogP contribution in [0.15, 0.2) is 23.3 Å². The van der Waals surface area contributed by atoms with Crippen LogP contribution in [0.1, 0.15) is 18.0 Å². The first-order valence-electron chi connectivity index (χ1n) is 6.80. The lowest BCUT2D eigenvalue weighted by Crippen LogP contribution is -2.40. The highest BCUT2D eigenvalue weighted by Gasteiger charge is 2.50. The summed E-state index contributed by atoms with van der Waals surface area (Å²) in [7, 11) is 0. The summed E-state index contributed by atoms with van der Waals surface area (Å²) in [5, 5.41) is 17.4. The van der Waals surface area contributed by atoms with Gasteiger partial charge in [0.05, 0.1) is 25.1 Å². The van der Waals surface area contributed by atoms with Gasteiger partial charge in [0, 0.05) is 6.20 Å². The van der Waals surface area contributed by atoms with E-state index in [1.807, 2.05) is 0 Å². The topological polar surface area (TPSA) is 130 Å². The molecule has 1 fully saturated rings. The van der Waals surface area contributed by atoms with Crippen LogP contribution in [-0.2, 0) is 16.1 Å². The third-order valence-corrected chi connectivity index (χ3v) is 3.97. The molecule has 0 spiro atoms. The molecule has 3 N–H and O–H groups in total. The van der Waals surface area contributed by atoms with Gasteiger partial charge in [-0.05, 0) is 6.07 Å². The SMILES string of the molecule is Nc1ccn([C@@H]2O[C@H](CO)[C@H]3OCc4cnnn4[C@H]32)c(=O)n1. The molecule has 2 aromatic rings. The Morgan fingerprint density at radius 3 is 3.14 bits per heavy atom. The Hall–Kier alpha value is -2.30. The number of hydrogen-bond donors (Lipinski definition) is 2. The van der Waals surface area contributed by atoms with E-state index in [2.05, 4.69) is 15.3 Å². The number of anilines is 1. The molecule has 0 bridgehead atoms. The molecule has 116 valence electrons. The van der Waals surface area contributed by atoms with E-state index in [4.69, 9.17) is 15.2 Å². The molecule has 2 aliphatic heterocycles. The van der Waals surface area contributed by atoms with Gasteiger partial charge in [-0.3, -0.25) is 4.57 Å². The van der Waals surface area contributed by atoms with E-state index < -0.39 is 30.2 Å². The third-order valence-electron chi connectivity index (χ3n) is 3.97. The van der Waals surface area contributed by atoms with Crippen LogP contribution in [0.5, 0.6) is 0 Å². The summed E-state index contributed by atoms with van der Waals surface area (Å²) in [5.41, 5.74) is 5.76. The van der Waals surface area contributed by atoms with Gasteiger partial charge in [0.15, 0.2) is 6.23 Å². The molecule has 22 heavy (non-hydrogen) atoms. The van der Waals surface area contributed by atoms with Crippen molar-refractivity contribution in [1.82, 2.24) is 24.5 Å². The third kappa shape index (κ3) is 1.85. The number of aromatic nitrogens is 5. The number of rotatable bonds is 2. The van der Waals surface area contributed by atoms with Crippen molar-refractivity contribution in [3.63, 3.8) is 0 Å². The predicted octanol–water partition coefficient (Wildman–Crippen LogP) is -1.55. The minimum atomic E-state index is -0.705. The lowest BCUT2D eigenvalue weighted by atomic mass is 10.1. The van der Waals surface area contributed by atoms with Crippen LogP contribution < -0.4 is 11.4 Å².